The van der Waals surface area contributed by atoms with Crippen LogP contribution in [0.5, 0.6) is 0 Å². The van der Waals surface area contributed by atoms with E-state index in [0.717, 1.165) is 22.9 Å². The van der Waals surface area contributed by atoms with E-state index in [2.05, 4.69) is 20.8 Å². The van der Waals surface area contributed by atoms with Gasteiger partial charge in [-0.25, -0.2) is 22.4 Å². The summed E-state index contributed by atoms with van der Waals surface area (Å²) in [4.78, 5) is 58.9. The summed E-state index contributed by atoms with van der Waals surface area (Å²) in [6, 6.07) is 2.12. The van der Waals surface area contributed by atoms with Crippen molar-refractivity contribution in [3.63, 3.8) is 0 Å². The highest BCUT2D eigenvalue weighted by atomic mass is 19.1. The number of pyridine rings is 2. The summed E-state index contributed by atoms with van der Waals surface area (Å²) < 4.78 is 69.0. The number of likely N-dealkylation sites (N-methyl/N-ethyl adjacent to an activating group) is 1. The summed E-state index contributed by atoms with van der Waals surface area (Å²) in [5, 5.41) is 11.9. The molecule has 0 spiro atoms. The molecule has 7 rings (SSSR count). The Morgan fingerprint density at radius 2 is 1.53 bits per heavy atom. The predicted molar refractivity (Wildman–Crippen MR) is 198 cm³/mol. The first kappa shape index (κ1) is 37.3. The fourth-order valence-electron chi connectivity index (χ4n) is 7.10. The van der Waals surface area contributed by atoms with Gasteiger partial charge in [0.25, 0.3) is 5.89 Å². The van der Waals surface area contributed by atoms with Crippen LogP contribution < -0.4 is 31.3 Å². The van der Waals surface area contributed by atoms with E-state index >= 15 is 13.2 Å². The summed E-state index contributed by atoms with van der Waals surface area (Å²) in [7, 11) is 1.89. The molecule has 0 atom stereocenters. The van der Waals surface area contributed by atoms with Crippen LogP contribution in [-0.2, 0) is 17.9 Å². The number of fused-ring (bicyclic) bond motifs is 2. The number of nitrogens with zero attached hydrogens (tertiary/aromatic N) is 8. The number of piperazine rings is 2. The number of nitrogens with one attached hydrogen (secondary N) is 2. The van der Waals surface area contributed by atoms with Gasteiger partial charge in [-0.1, -0.05) is 5.10 Å². The molecule has 2 aliphatic rings. The lowest BCUT2D eigenvalue weighted by Crippen LogP contribution is -2.48. The van der Waals surface area contributed by atoms with Crippen molar-refractivity contribution in [1.82, 2.24) is 29.1 Å². The molecule has 0 radical (unpaired) electrons. The van der Waals surface area contributed by atoms with Crippen molar-refractivity contribution in [2.24, 2.45) is 0 Å². The molecule has 0 aliphatic carbocycles. The number of hydrogen-bond acceptors (Lipinski definition) is 10. The lowest BCUT2D eigenvalue weighted by molar-refractivity contribution is -0.129. The molecule has 15 nitrogen and oxygen atoms in total. The van der Waals surface area contributed by atoms with E-state index in [1.165, 1.54) is 13.1 Å². The maximum absolute atomic E-state index is 16.0. The Labute approximate surface area is 310 Å². The lowest BCUT2D eigenvalue weighted by Gasteiger charge is -2.36. The van der Waals surface area contributed by atoms with Crippen molar-refractivity contribution in [3.8, 4) is 11.5 Å². The first-order valence-corrected chi connectivity index (χ1v) is 17.7. The Morgan fingerprint density at radius 3 is 2.20 bits per heavy atom. The van der Waals surface area contributed by atoms with Gasteiger partial charge in [0.05, 0.1) is 34.0 Å². The van der Waals surface area contributed by atoms with E-state index in [4.69, 9.17) is 4.42 Å². The zero-order valence-electron chi connectivity index (χ0n) is 30.3. The van der Waals surface area contributed by atoms with E-state index in [1.807, 2.05) is 23.8 Å². The molecule has 3 amide bonds. The normalized spacial score (nSPS) is 15.3. The fraction of sp³-hybridized carbons (Fsp3) is 0.389. The minimum absolute atomic E-state index is 0.0211. The molecule has 2 aromatic carbocycles. The van der Waals surface area contributed by atoms with Gasteiger partial charge in [0.2, 0.25) is 16.8 Å². The smallest absolute Gasteiger partial charge is 0.327 e. The van der Waals surface area contributed by atoms with Gasteiger partial charge in [-0.3, -0.25) is 19.7 Å². The quantitative estimate of drug-likeness (QED) is 0.223. The third-order valence-electron chi connectivity index (χ3n) is 10.1. The van der Waals surface area contributed by atoms with Gasteiger partial charge in [0.15, 0.2) is 5.82 Å². The third-order valence-corrected chi connectivity index (χ3v) is 10.1. The largest absolute Gasteiger partial charge is 0.403 e. The number of halogens is 4. The molecule has 2 N–H and O–H groups in total. The van der Waals surface area contributed by atoms with Gasteiger partial charge in [-0.2, -0.15) is 0 Å². The van der Waals surface area contributed by atoms with Crippen molar-refractivity contribution >= 4 is 56.8 Å². The number of amides is 3. The fourth-order valence-corrected chi connectivity index (χ4v) is 7.10. The summed E-state index contributed by atoms with van der Waals surface area (Å²) in [5.41, 5.74) is -1.86. The summed E-state index contributed by atoms with van der Waals surface area (Å²) in [5.74, 6) is -3.07. The second kappa shape index (κ2) is 15.0. The number of rotatable bonds is 8. The second-order valence-corrected chi connectivity index (χ2v) is 13.4. The molecule has 5 heterocycles. The van der Waals surface area contributed by atoms with Crippen LogP contribution >= 0.6 is 0 Å². The van der Waals surface area contributed by atoms with Crippen LogP contribution in [0.15, 0.2) is 44.6 Å². The SMILES string of the molecule is CCn1cc(NC(=O)Nc2nnc(-c3cn(CCF)c4c(F)c(N5CCN(C)CC5)c(F)cc4c3=O)o2)c(=O)c2cc(F)c(N3CCN(C(C)=O)CC3)cc21. The lowest BCUT2D eigenvalue weighted by atomic mass is 10.1. The minimum Gasteiger partial charge on any atom is -0.403 e. The van der Waals surface area contributed by atoms with Crippen LogP contribution in [0.1, 0.15) is 13.8 Å². The van der Waals surface area contributed by atoms with Crippen molar-refractivity contribution < 1.29 is 31.6 Å². The molecule has 2 aliphatic heterocycles. The zero-order valence-corrected chi connectivity index (χ0v) is 30.3. The topological polar surface area (TPSA) is 154 Å². The number of hydrogen-bond donors (Lipinski definition) is 2. The van der Waals surface area contributed by atoms with E-state index in [1.54, 1.807) is 20.4 Å². The van der Waals surface area contributed by atoms with Crippen LogP contribution in [0, 0.1) is 17.5 Å². The maximum atomic E-state index is 16.0. The molecule has 2 saturated heterocycles. The maximum Gasteiger partial charge on any atom is 0.327 e. The van der Waals surface area contributed by atoms with Gasteiger partial charge in [-0.05, 0) is 32.2 Å². The van der Waals surface area contributed by atoms with Gasteiger partial charge >= 0.3 is 12.0 Å². The molecule has 0 bridgehead atoms. The highest BCUT2D eigenvalue weighted by Crippen LogP contribution is 2.32. The minimum atomic E-state index is -0.996. The van der Waals surface area contributed by atoms with Crippen molar-refractivity contribution in [1.29, 1.82) is 0 Å². The molecule has 19 heteroatoms. The number of anilines is 4. The molecule has 5 aromatic rings. The van der Waals surface area contributed by atoms with Crippen molar-refractivity contribution in [3.05, 3.63) is 68.5 Å². The molecule has 3 aromatic heterocycles. The van der Waals surface area contributed by atoms with Crippen LogP contribution in [-0.4, -0.2) is 107 Å². The number of alkyl halides is 1. The van der Waals surface area contributed by atoms with Crippen LogP contribution in [0.25, 0.3) is 33.3 Å². The average Bonchev–Trinajstić information content (AvgIpc) is 3.62. The molecule has 0 unspecified atom stereocenters. The molecular formula is C36H38F4N10O5. The van der Waals surface area contributed by atoms with Gasteiger partial charge in [0.1, 0.15) is 35.2 Å². The van der Waals surface area contributed by atoms with Gasteiger partial charge in [-0.15, -0.1) is 5.10 Å². The first-order chi connectivity index (χ1) is 26.4. The predicted octanol–water partition coefficient (Wildman–Crippen LogP) is 3.84. The molecule has 55 heavy (non-hydrogen) atoms. The highest BCUT2D eigenvalue weighted by molar-refractivity contribution is 6.00. The summed E-state index contributed by atoms with van der Waals surface area (Å²) in [6.07, 6.45) is 2.55. The zero-order chi connectivity index (χ0) is 39.1. The van der Waals surface area contributed by atoms with E-state index < -0.39 is 52.9 Å². The number of aryl methyl sites for hydroxylation is 2. The summed E-state index contributed by atoms with van der Waals surface area (Å²) >= 11 is 0. The van der Waals surface area contributed by atoms with Crippen LogP contribution in [0.3, 0.4) is 0 Å². The van der Waals surface area contributed by atoms with E-state index in [9.17, 15) is 23.6 Å². The Kier molecular flexibility index (Phi) is 10.2. The molecule has 290 valence electrons. The Hall–Kier alpha value is -5.98. The Bertz CT molecular complexity index is 2430. The third kappa shape index (κ3) is 7.06. The Balaban J connectivity index is 1.13. The standard InChI is InChI=1S/C36H38F4N10O5/c1-4-46-19-26(33(53)21-15-24(38)28(17-27(21)46)48-13-11-47(12-14-48)20(2)51)41-35(54)42-36-44-43-34(55-36)23-18-50(6-5-37)30-22(32(23)52)16-25(39)31(29(30)40)49-9-7-45(3)8-10-49/h15-19H,4-14H2,1-3H3,(H2,41,42,44,54). The number of benzene rings is 2. The van der Waals surface area contributed by atoms with Gasteiger partial charge < -0.3 is 38.5 Å². The second-order valence-electron chi connectivity index (χ2n) is 13.4. The highest BCUT2D eigenvalue weighted by Gasteiger charge is 2.28. The Morgan fingerprint density at radius 1 is 0.836 bits per heavy atom. The first-order valence-electron chi connectivity index (χ1n) is 17.7. The number of carbonyl (C=O) groups excluding carboxylic acids is 2. The van der Waals surface area contributed by atoms with Crippen LogP contribution in [0.2, 0.25) is 0 Å². The number of aromatic nitrogens is 4. The van der Waals surface area contributed by atoms with Gasteiger partial charge in [0, 0.05) is 78.2 Å². The number of urea groups is 1. The monoisotopic (exact) mass is 766 g/mol. The average molecular weight is 767 g/mol. The number of carbonyl (C=O) groups is 2. The van der Waals surface area contributed by atoms with Crippen LogP contribution in [0.4, 0.5) is 45.4 Å². The molecule has 0 saturated carbocycles. The summed E-state index contributed by atoms with van der Waals surface area (Å²) in [6.45, 7) is 5.89. The van der Waals surface area contributed by atoms with E-state index in [-0.39, 0.29) is 51.4 Å². The molecule has 2 fully saturated rings. The van der Waals surface area contributed by atoms with E-state index in [0.29, 0.717) is 64.4 Å². The van der Waals surface area contributed by atoms with Crippen molar-refractivity contribution in [2.75, 3.05) is 86.5 Å². The van der Waals surface area contributed by atoms with Crippen molar-refractivity contribution in [2.45, 2.75) is 26.9 Å². The molecular weight excluding hydrogens is 728 g/mol.